The molecule has 3 atom stereocenters. The minimum atomic E-state index is -0.328. The summed E-state index contributed by atoms with van der Waals surface area (Å²) in [5, 5.41) is 3.02. The summed E-state index contributed by atoms with van der Waals surface area (Å²) < 4.78 is 19.9. The molecule has 0 aliphatic carbocycles. The number of halogens is 1. The number of hydrogen-bond acceptors (Lipinski definition) is 2. The van der Waals surface area contributed by atoms with Crippen LogP contribution in [0.3, 0.4) is 0 Å². The van der Waals surface area contributed by atoms with Crippen molar-refractivity contribution >= 4 is 11.8 Å². The van der Waals surface area contributed by atoms with Crippen molar-refractivity contribution in [3.63, 3.8) is 0 Å². The van der Waals surface area contributed by atoms with Crippen LogP contribution in [0.15, 0.2) is 54.6 Å². The maximum absolute atomic E-state index is 14.0. The van der Waals surface area contributed by atoms with Crippen LogP contribution in [0, 0.1) is 5.82 Å². The normalized spacial score (nSPS) is 30.8. The summed E-state index contributed by atoms with van der Waals surface area (Å²) in [4.78, 5) is 11.6. The van der Waals surface area contributed by atoms with Gasteiger partial charge in [0.1, 0.15) is 24.7 Å². The molecule has 2 heterocycles. The molecule has 2 aromatic rings. The highest BCUT2D eigenvalue weighted by Crippen LogP contribution is 2.40. The molecule has 5 heteroatoms. The Morgan fingerprint density at radius 1 is 1.23 bits per heavy atom. The Balaban J connectivity index is 1.71. The van der Waals surface area contributed by atoms with Crippen molar-refractivity contribution < 1.29 is 13.9 Å². The maximum Gasteiger partial charge on any atom is 0.407 e. The van der Waals surface area contributed by atoms with Gasteiger partial charge in [-0.3, -0.25) is 4.48 Å². The summed E-state index contributed by atoms with van der Waals surface area (Å²) in [6.45, 7) is 4.24. The Hall–Kier alpha value is -2.40. The van der Waals surface area contributed by atoms with Gasteiger partial charge in [0, 0.05) is 24.5 Å². The van der Waals surface area contributed by atoms with Crippen LogP contribution in [0.1, 0.15) is 25.3 Å². The summed E-state index contributed by atoms with van der Waals surface area (Å²) in [6, 6.07) is 17.5. The third-order valence-corrected chi connectivity index (χ3v) is 6.00. The van der Waals surface area contributed by atoms with Crippen LogP contribution in [0.4, 0.5) is 14.9 Å². The smallest absolute Gasteiger partial charge is 0.407 e. The van der Waals surface area contributed by atoms with Crippen molar-refractivity contribution in [2.24, 2.45) is 0 Å². The van der Waals surface area contributed by atoms with E-state index in [4.69, 9.17) is 4.74 Å². The molecule has 4 rings (SSSR count). The van der Waals surface area contributed by atoms with Gasteiger partial charge >= 0.3 is 6.09 Å². The summed E-state index contributed by atoms with van der Waals surface area (Å²) in [6.07, 6.45) is 1.29. The van der Waals surface area contributed by atoms with E-state index >= 15 is 0 Å². The highest BCUT2D eigenvalue weighted by Gasteiger charge is 2.52. The van der Waals surface area contributed by atoms with E-state index in [1.54, 1.807) is 12.1 Å². The third-order valence-electron chi connectivity index (χ3n) is 6.00. The van der Waals surface area contributed by atoms with Crippen LogP contribution in [0.5, 0.6) is 0 Å². The molecular weight excluding hydrogens is 331 g/mol. The van der Waals surface area contributed by atoms with E-state index < -0.39 is 0 Å². The number of carbonyl (C=O) groups is 1. The zero-order valence-corrected chi connectivity index (χ0v) is 15.0. The van der Waals surface area contributed by atoms with Gasteiger partial charge in [-0.05, 0) is 19.1 Å². The van der Waals surface area contributed by atoms with Crippen LogP contribution in [0.25, 0.3) is 0 Å². The topological polar surface area (TPSA) is 38.3 Å². The number of alkyl carbamates (subject to hydrolysis) is 1. The van der Waals surface area contributed by atoms with E-state index in [9.17, 15) is 9.18 Å². The number of ether oxygens (including phenoxy) is 1. The molecule has 1 N–H and O–H groups in total. The van der Waals surface area contributed by atoms with Crippen LogP contribution in [-0.4, -0.2) is 30.8 Å². The quantitative estimate of drug-likeness (QED) is 0.846. The van der Waals surface area contributed by atoms with E-state index in [1.165, 1.54) is 11.6 Å². The van der Waals surface area contributed by atoms with Crippen molar-refractivity contribution in [2.45, 2.75) is 37.9 Å². The van der Waals surface area contributed by atoms with Gasteiger partial charge in [-0.1, -0.05) is 36.4 Å². The number of piperidine rings is 1. The Kier molecular flexibility index (Phi) is 4.19. The van der Waals surface area contributed by atoms with Crippen molar-refractivity contribution in [1.82, 2.24) is 9.80 Å². The molecule has 0 radical (unpaired) electrons. The largest absolute Gasteiger partial charge is 0.447 e. The average molecular weight is 355 g/mol. The van der Waals surface area contributed by atoms with Gasteiger partial charge in [-0.15, -0.1) is 0 Å². The molecule has 2 aliphatic heterocycles. The molecule has 2 fully saturated rings. The van der Waals surface area contributed by atoms with Gasteiger partial charge < -0.3 is 10.1 Å². The number of likely N-dealkylation sites (tertiary alicyclic amines) is 1. The van der Waals surface area contributed by atoms with Gasteiger partial charge in [0.25, 0.3) is 0 Å². The monoisotopic (exact) mass is 355 g/mol. The lowest BCUT2D eigenvalue weighted by atomic mass is 9.82. The van der Waals surface area contributed by atoms with Gasteiger partial charge in [-0.2, -0.15) is 0 Å². The second kappa shape index (κ2) is 6.40. The highest BCUT2D eigenvalue weighted by atomic mass is 19.1. The third kappa shape index (κ3) is 2.97. The Morgan fingerprint density at radius 2 is 2.04 bits per heavy atom. The number of quaternary nitrogens is 1. The minimum Gasteiger partial charge on any atom is -0.447 e. The fraction of sp³-hybridized carbons (Fsp3) is 0.381. The standard InChI is InChI=1S/C21H23FN2O2/c1-16-13-21(15-26-20(25)23-21)10-11-24(16,14-17-6-3-2-4-7-17)19-9-5-8-18(22)12-19/h2-9,12,16H,10-11,13-15H2,1H3/p+1. The number of rotatable bonds is 3. The highest BCUT2D eigenvalue weighted by molar-refractivity contribution is 5.71. The second-order valence-electron chi connectivity index (χ2n) is 7.67. The van der Waals surface area contributed by atoms with Gasteiger partial charge in [0.15, 0.2) is 0 Å². The molecule has 2 saturated heterocycles. The molecule has 136 valence electrons. The summed E-state index contributed by atoms with van der Waals surface area (Å²) >= 11 is 0. The van der Waals surface area contributed by atoms with E-state index in [0.29, 0.717) is 11.1 Å². The molecule has 4 nitrogen and oxygen atoms in total. The van der Waals surface area contributed by atoms with Crippen molar-refractivity contribution in [2.75, 3.05) is 13.2 Å². The molecule has 2 aromatic carbocycles. The maximum atomic E-state index is 14.0. The molecule has 0 aromatic heterocycles. The number of nitrogens with one attached hydrogen (secondary N) is 1. The minimum absolute atomic E-state index is 0.210. The number of benzene rings is 2. The molecule has 1 amide bonds. The predicted molar refractivity (Wildman–Crippen MR) is 99.1 cm³/mol. The Labute approximate surface area is 153 Å². The lowest BCUT2D eigenvalue weighted by Crippen LogP contribution is -2.65. The van der Waals surface area contributed by atoms with Crippen LogP contribution in [-0.2, 0) is 11.3 Å². The number of nitrogens with zero attached hydrogens (tertiary/aromatic N) is 1. The van der Waals surface area contributed by atoms with Crippen molar-refractivity contribution in [1.29, 1.82) is 0 Å². The first-order valence-corrected chi connectivity index (χ1v) is 9.13. The van der Waals surface area contributed by atoms with Gasteiger partial charge in [0.2, 0.25) is 0 Å². The molecule has 1 spiro atoms. The van der Waals surface area contributed by atoms with Crippen LogP contribution < -0.4 is 9.80 Å². The van der Waals surface area contributed by atoms with Gasteiger partial charge in [0.05, 0.1) is 18.1 Å². The molecule has 2 aliphatic rings. The number of hydrogen-bond donors (Lipinski definition) is 1. The van der Waals surface area contributed by atoms with E-state index in [0.717, 1.165) is 31.6 Å². The summed E-state index contributed by atoms with van der Waals surface area (Å²) in [5.74, 6) is -0.210. The SMILES string of the molecule is CC1CC2(CC[N+]1(Cc1ccccc1)c1cccc(F)c1)COC(=O)N2. The second-order valence-corrected chi connectivity index (χ2v) is 7.67. The molecule has 0 saturated carbocycles. The van der Waals surface area contributed by atoms with E-state index in [-0.39, 0.29) is 23.5 Å². The number of carbonyl (C=O) groups excluding carboxylic acids is 1. The van der Waals surface area contributed by atoms with Crippen LogP contribution >= 0.6 is 0 Å². The van der Waals surface area contributed by atoms with Crippen molar-refractivity contribution in [3.05, 3.63) is 66.0 Å². The van der Waals surface area contributed by atoms with Crippen molar-refractivity contribution in [3.8, 4) is 0 Å². The summed E-state index contributed by atoms with van der Waals surface area (Å²) in [7, 11) is 0. The van der Waals surface area contributed by atoms with Gasteiger partial charge in [-0.25, -0.2) is 9.18 Å². The zero-order valence-electron chi connectivity index (χ0n) is 15.0. The molecule has 26 heavy (non-hydrogen) atoms. The van der Waals surface area contributed by atoms with Crippen LogP contribution in [0.2, 0.25) is 0 Å². The number of cyclic esters (lactones) is 1. The van der Waals surface area contributed by atoms with E-state index in [2.05, 4.69) is 24.4 Å². The van der Waals surface area contributed by atoms with E-state index in [1.807, 2.05) is 24.3 Å². The number of amides is 1. The Bertz CT molecular complexity index is 813. The average Bonchev–Trinajstić information content (AvgIpc) is 2.99. The molecule has 0 bridgehead atoms. The zero-order chi connectivity index (χ0) is 18.2. The fourth-order valence-corrected chi connectivity index (χ4v) is 4.59. The lowest BCUT2D eigenvalue weighted by Gasteiger charge is -2.50. The predicted octanol–water partition coefficient (Wildman–Crippen LogP) is 3.99. The molecular formula is C21H24FN2O2+. The summed E-state index contributed by atoms with van der Waals surface area (Å²) in [5.41, 5.74) is 1.93. The Morgan fingerprint density at radius 3 is 2.69 bits per heavy atom. The lowest BCUT2D eigenvalue weighted by molar-refractivity contribution is 0.0831. The first kappa shape index (κ1) is 17.0. The molecule has 3 unspecified atom stereocenters. The first-order chi connectivity index (χ1) is 12.5. The first-order valence-electron chi connectivity index (χ1n) is 9.13. The fourth-order valence-electron chi connectivity index (χ4n) is 4.59.